The van der Waals surface area contributed by atoms with Crippen LogP contribution in [0.2, 0.25) is 0 Å². The molecule has 0 aliphatic carbocycles. The largest absolute Gasteiger partial charge is 0.368 e. The molecule has 28 heavy (non-hydrogen) atoms. The first-order chi connectivity index (χ1) is 13.6. The van der Waals surface area contributed by atoms with Gasteiger partial charge in [0.05, 0.1) is 4.91 Å². The van der Waals surface area contributed by atoms with Gasteiger partial charge in [-0.05, 0) is 53.9 Å². The number of amidine groups is 1. The molecule has 0 N–H and O–H groups in total. The van der Waals surface area contributed by atoms with Crippen LogP contribution in [0.1, 0.15) is 23.6 Å². The van der Waals surface area contributed by atoms with Gasteiger partial charge in [0.25, 0.3) is 5.91 Å². The number of anilines is 1. The summed E-state index contributed by atoms with van der Waals surface area (Å²) in [5, 5.41) is 0.839. The van der Waals surface area contributed by atoms with Crippen molar-refractivity contribution >= 4 is 34.6 Å². The zero-order valence-corrected chi connectivity index (χ0v) is 17.2. The van der Waals surface area contributed by atoms with Gasteiger partial charge in [-0.2, -0.15) is 4.99 Å². The van der Waals surface area contributed by atoms with E-state index in [2.05, 4.69) is 77.2 Å². The summed E-state index contributed by atoms with van der Waals surface area (Å²) in [7, 11) is 0. The first kappa shape index (κ1) is 18.8. The van der Waals surface area contributed by atoms with E-state index in [1.54, 1.807) is 0 Å². The number of benzene rings is 2. The third-order valence-corrected chi connectivity index (χ3v) is 6.35. The van der Waals surface area contributed by atoms with Gasteiger partial charge in [-0.15, -0.1) is 0 Å². The predicted molar refractivity (Wildman–Crippen MR) is 119 cm³/mol. The molecule has 0 saturated carbocycles. The lowest BCUT2D eigenvalue weighted by Crippen LogP contribution is -2.48. The second-order valence-electron chi connectivity index (χ2n) is 7.17. The highest BCUT2D eigenvalue weighted by atomic mass is 32.2. The molecule has 2 aliphatic heterocycles. The quantitative estimate of drug-likeness (QED) is 0.729. The molecule has 4 rings (SSSR count). The molecule has 0 spiro atoms. The first-order valence-electron chi connectivity index (χ1n) is 9.81. The van der Waals surface area contributed by atoms with Crippen LogP contribution < -0.4 is 4.90 Å². The fourth-order valence-electron chi connectivity index (χ4n) is 3.59. The SMILES string of the molecule is CCc1ccc(/C=C2/SC(N3CCN(c4ccccc4C)CC3)=NC2=O)cc1. The van der Waals surface area contributed by atoms with Crippen molar-refractivity contribution in [2.24, 2.45) is 4.99 Å². The molecule has 0 aromatic heterocycles. The van der Waals surface area contributed by atoms with E-state index in [0.717, 1.165) is 43.3 Å². The van der Waals surface area contributed by atoms with Crippen molar-refractivity contribution in [3.8, 4) is 0 Å². The van der Waals surface area contributed by atoms with E-state index in [0.29, 0.717) is 4.91 Å². The molecule has 2 aromatic carbocycles. The highest BCUT2D eigenvalue weighted by molar-refractivity contribution is 8.18. The van der Waals surface area contributed by atoms with E-state index in [1.165, 1.54) is 28.6 Å². The lowest BCUT2D eigenvalue weighted by atomic mass is 10.1. The van der Waals surface area contributed by atoms with Gasteiger partial charge in [-0.25, -0.2) is 0 Å². The van der Waals surface area contributed by atoms with E-state index in [1.807, 2.05) is 6.08 Å². The Balaban J connectivity index is 1.40. The Bertz CT molecular complexity index is 925. The molecule has 0 radical (unpaired) electrons. The zero-order valence-electron chi connectivity index (χ0n) is 16.4. The molecule has 2 heterocycles. The van der Waals surface area contributed by atoms with E-state index < -0.39 is 0 Å². The van der Waals surface area contributed by atoms with Crippen molar-refractivity contribution in [1.82, 2.24) is 4.90 Å². The first-order valence-corrected chi connectivity index (χ1v) is 10.6. The van der Waals surface area contributed by atoms with Crippen molar-refractivity contribution < 1.29 is 4.79 Å². The van der Waals surface area contributed by atoms with Crippen molar-refractivity contribution in [3.63, 3.8) is 0 Å². The second kappa shape index (κ2) is 8.23. The van der Waals surface area contributed by atoms with Gasteiger partial charge >= 0.3 is 0 Å². The molecule has 144 valence electrons. The summed E-state index contributed by atoms with van der Waals surface area (Å²) < 4.78 is 0. The summed E-state index contributed by atoms with van der Waals surface area (Å²) in [5.74, 6) is -0.124. The Hall–Kier alpha value is -2.53. The van der Waals surface area contributed by atoms with Crippen molar-refractivity contribution in [1.29, 1.82) is 0 Å². The van der Waals surface area contributed by atoms with Crippen LogP contribution >= 0.6 is 11.8 Å². The van der Waals surface area contributed by atoms with Crippen LogP contribution in [-0.4, -0.2) is 42.2 Å². The van der Waals surface area contributed by atoms with Crippen LogP contribution in [0.15, 0.2) is 58.4 Å². The lowest BCUT2D eigenvalue weighted by molar-refractivity contribution is -0.113. The number of aryl methyl sites for hydroxylation is 2. The van der Waals surface area contributed by atoms with Gasteiger partial charge in [-0.3, -0.25) is 4.79 Å². The molecule has 1 amide bonds. The average Bonchev–Trinajstić information content (AvgIpc) is 3.09. The summed E-state index contributed by atoms with van der Waals surface area (Å²) in [6.07, 6.45) is 2.97. The topological polar surface area (TPSA) is 35.9 Å². The minimum atomic E-state index is -0.124. The van der Waals surface area contributed by atoms with Crippen LogP contribution in [0.25, 0.3) is 6.08 Å². The monoisotopic (exact) mass is 391 g/mol. The maximum atomic E-state index is 12.4. The van der Waals surface area contributed by atoms with Gasteiger partial charge in [0.1, 0.15) is 0 Å². The Morgan fingerprint density at radius 2 is 1.68 bits per heavy atom. The van der Waals surface area contributed by atoms with E-state index in [4.69, 9.17) is 0 Å². The Morgan fingerprint density at radius 3 is 2.36 bits per heavy atom. The summed E-state index contributed by atoms with van der Waals surface area (Å²) in [5.41, 5.74) is 4.96. The lowest BCUT2D eigenvalue weighted by Gasteiger charge is -2.37. The third kappa shape index (κ3) is 3.99. The number of amides is 1. The number of nitrogens with zero attached hydrogens (tertiary/aromatic N) is 3. The highest BCUT2D eigenvalue weighted by Gasteiger charge is 2.28. The minimum absolute atomic E-state index is 0.124. The summed E-state index contributed by atoms with van der Waals surface area (Å²) in [4.78, 5) is 22.1. The molecular formula is C23H25N3OS. The average molecular weight is 392 g/mol. The summed E-state index contributed by atoms with van der Waals surface area (Å²) >= 11 is 1.50. The molecule has 2 aliphatic rings. The minimum Gasteiger partial charge on any atom is -0.368 e. The molecule has 1 fully saturated rings. The standard InChI is InChI=1S/C23H25N3OS/c1-3-18-8-10-19(11-9-18)16-21-22(27)24-23(28-21)26-14-12-25(13-15-26)20-7-5-4-6-17(20)2/h4-11,16H,3,12-15H2,1-2H3/b21-16+. The number of hydrogen-bond donors (Lipinski definition) is 0. The van der Waals surface area contributed by atoms with Crippen molar-refractivity contribution in [3.05, 3.63) is 70.1 Å². The molecule has 0 unspecified atom stereocenters. The van der Waals surface area contributed by atoms with Gasteiger partial charge in [-0.1, -0.05) is 49.4 Å². The molecular weight excluding hydrogens is 366 g/mol. The van der Waals surface area contributed by atoms with Crippen molar-refractivity contribution in [2.75, 3.05) is 31.1 Å². The Labute approximate surface area is 171 Å². The molecule has 1 saturated heterocycles. The number of para-hydroxylation sites is 1. The number of carbonyl (C=O) groups is 1. The third-order valence-electron chi connectivity index (χ3n) is 5.30. The van der Waals surface area contributed by atoms with Crippen LogP contribution in [0.3, 0.4) is 0 Å². The molecule has 2 aromatic rings. The molecule has 0 bridgehead atoms. The second-order valence-corrected chi connectivity index (χ2v) is 8.17. The zero-order chi connectivity index (χ0) is 19.5. The molecule has 4 nitrogen and oxygen atoms in total. The van der Waals surface area contributed by atoms with Gasteiger partial charge in [0.15, 0.2) is 5.17 Å². The van der Waals surface area contributed by atoms with Crippen LogP contribution in [0, 0.1) is 6.92 Å². The molecule has 0 atom stereocenters. The predicted octanol–water partition coefficient (Wildman–Crippen LogP) is 4.35. The van der Waals surface area contributed by atoms with E-state index >= 15 is 0 Å². The number of aliphatic imine (C=N–C) groups is 1. The summed E-state index contributed by atoms with van der Waals surface area (Å²) in [6, 6.07) is 16.9. The number of thioether (sulfide) groups is 1. The van der Waals surface area contributed by atoms with Gasteiger partial charge in [0, 0.05) is 31.9 Å². The smallest absolute Gasteiger partial charge is 0.286 e. The van der Waals surface area contributed by atoms with E-state index in [-0.39, 0.29) is 5.91 Å². The Kier molecular flexibility index (Phi) is 5.53. The van der Waals surface area contributed by atoms with Gasteiger partial charge in [0.2, 0.25) is 0 Å². The fraction of sp³-hybridized carbons (Fsp3) is 0.304. The summed E-state index contributed by atoms with van der Waals surface area (Å²) in [6.45, 7) is 7.94. The highest BCUT2D eigenvalue weighted by Crippen LogP contribution is 2.31. The number of carbonyl (C=O) groups excluding carboxylic acids is 1. The van der Waals surface area contributed by atoms with Crippen LogP contribution in [0.5, 0.6) is 0 Å². The van der Waals surface area contributed by atoms with Crippen LogP contribution in [-0.2, 0) is 11.2 Å². The Morgan fingerprint density at radius 1 is 1.00 bits per heavy atom. The molecule has 5 heteroatoms. The van der Waals surface area contributed by atoms with Crippen molar-refractivity contribution in [2.45, 2.75) is 20.3 Å². The van der Waals surface area contributed by atoms with Crippen LogP contribution in [0.4, 0.5) is 5.69 Å². The normalized spacial score (nSPS) is 18.7. The number of hydrogen-bond acceptors (Lipinski definition) is 4. The maximum Gasteiger partial charge on any atom is 0.286 e. The maximum absolute atomic E-state index is 12.4. The number of rotatable bonds is 3. The van der Waals surface area contributed by atoms with Gasteiger partial charge < -0.3 is 9.80 Å². The number of piperazine rings is 1. The fourth-order valence-corrected chi connectivity index (χ4v) is 4.56. The van der Waals surface area contributed by atoms with E-state index in [9.17, 15) is 4.79 Å².